The van der Waals surface area contributed by atoms with E-state index in [0.29, 0.717) is 19.6 Å². The molecule has 0 aliphatic carbocycles. The number of para-hydroxylation sites is 1. The van der Waals surface area contributed by atoms with E-state index >= 15 is 0 Å². The van der Waals surface area contributed by atoms with Gasteiger partial charge in [-0.25, -0.2) is 4.98 Å². The highest BCUT2D eigenvalue weighted by molar-refractivity contribution is 7.97. The molecule has 24 heavy (non-hydrogen) atoms. The highest BCUT2D eigenvalue weighted by Gasteiger charge is 2.27. The van der Waals surface area contributed by atoms with Gasteiger partial charge in [0.2, 0.25) is 5.91 Å². The normalized spacial score (nSPS) is 16.2. The monoisotopic (exact) mass is 364 g/mol. The number of carbonyl (C=O) groups excluding carboxylic acids is 1. The van der Waals surface area contributed by atoms with Gasteiger partial charge in [0.1, 0.15) is 11.6 Å². The molecule has 1 aliphatic heterocycles. The van der Waals surface area contributed by atoms with Gasteiger partial charge in [0.15, 0.2) is 11.5 Å². The maximum Gasteiger partial charge on any atom is 0.227 e. The summed E-state index contributed by atoms with van der Waals surface area (Å²) in [5, 5.41) is 6.07. The minimum Gasteiger partial charge on any atom is -0.493 e. The number of rotatable bonds is 6. The number of fused-ring (bicyclic) bond motifs is 1. The molecule has 0 bridgehead atoms. The van der Waals surface area contributed by atoms with Crippen LogP contribution in [0.25, 0.3) is 0 Å². The number of ether oxygens (including phenoxy) is 2. The Balaban J connectivity index is 1.57. The third-order valence-electron chi connectivity index (χ3n) is 3.86. The first-order valence-corrected chi connectivity index (χ1v) is 9.97. The summed E-state index contributed by atoms with van der Waals surface area (Å²) in [5.41, 5.74) is 1.92. The fraction of sp³-hybridized carbons (Fsp3) is 0.412. The molecule has 0 saturated carbocycles. The number of amides is 1. The molecule has 1 aromatic heterocycles. The lowest BCUT2D eigenvalue weighted by atomic mass is 9.95. The van der Waals surface area contributed by atoms with Gasteiger partial charge in [-0.1, -0.05) is 12.1 Å². The van der Waals surface area contributed by atoms with Crippen LogP contribution in [0.4, 0.5) is 0 Å². The lowest BCUT2D eigenvalue weighted by molar-refractivity contribution is -0.126. The molecule has 1 unspecified atom stereocenters. The smallest absolute Gasteiger partial charge is 0.227 e. The molecule has 1 amide bonds. The standard InChI is InChI=1S/C17H20N2O3S2/c1-21-14-5-3-4-11-6-12(8-22-16(11)14)17(20)18-7-13-9-24-15(19-13)10-23-2/h3-5,9,12H,6-8,10H2,1-2H3,(H,18,20). The Morgan fingerprint density at radius 1 is 1.54 bits per heavy atom. The first-order valence-electron chi connectivity index (χ1n) is 7.70. The van der Waals surface area contributed by atoms with Crippen molar-refractivity contribution in [2.75, 3.05) is 20.0 Å². The molecule has 1 N–H and O–H groups in total. The predicted molar refractivity (Wildman–Crippen MR) is 96.9 cm³/mol. The van der Waals surface area contributed by atoms with Crippen LogP contribution < -0.4 is 14.8 Å². The van der Waals surface area contributed by atoms with Crippen molar-refractivity contribution >= 4 is 29.0 Å². The Bertz CT molecular complexity index is 718. The molecule has 0 radical (unpaired) electrons. The second-order valence-corrected chi connectivity index (χ2v) is 7.35. The molecule has 3 rings (SSSR count). The topological polar surface area (TPSA) is 60.5 Å². The van der Waals surface area contributed by atoms with Crippen molar-refractivity contribution in [1.29, 1.82) is 0 Å². The lowest BCUT2D eigenvalue weighted by Crippen LogP contribution is -2.37. The van der Waals surface area contributed by atoms with Gasteiger partial charge in [-0.3, -0.25) is 4.79 Å². The molecule has 1 atom stereocenters. The number of thiazole rings is 1. The fourth-order valence-corrected chi connectivity index (χ4v) is 4.18. The van der Waals surface area contributed by atoms with Crippen molar-refractivity contribution in [2.24, 2.45) is 5.92 Å². The zero-order chi connectivity index (χ0) is 16.9. The quantitative estimate of drug-likeness (QED) is 0.854. The molecule has 0 spiro atoms. The Labute approximate surface area is 149 Å². The summed E-state index contributed by atoms with van der Waals surface area (Å²) < 4.78 is 11.1. The molecule has 1 aliphatic rings. The van der Waals surface area contributed by atoms with Gasteiger partial charge in [0.05, 0.1) is 25.3 Å². The third-order valence-corrected chi connectivity index (χ3v) is 5.50. The Kier molecular flexibility index (Phi) is 5.63. The van der Waals surface area contributed by atoms with Gasteiger partial charge in [-0.05, 0) is 24.3 Å². The van der Waals surface area contributed by atoms with E-state index in [1.165, 1.54) is 0 Å². The van der Waals surface area contributed by atoms with Crippen molar-refractivity contribution in [3.8, 4) is 11.5 Å². The third kappa shape index (κ3) is 3.84. The fourth-order valence-electron chi connectivity index (χ4n) is 2.67. The van der Waals surface area contributed by atoms with Gasteiger partial charge in [-0.2, -0.15) is 11.8 Å². The summed E-state index contributed by atoms with van der Waals surface area (Å²) in [6.07, 6.45) is 2.71. The highest BCUT2D eigenvalue weighted by atomic mass is 32.2. The van der Waals surface area contributed by atoms with Gasteiger partial charge in [0.25, 0.3) is 0 Å². The van der Waals surface area contributed by atoms with E-state index in [1.807, 2.05) is 23.6 Å². The van der Waals surface area contributed by atoms with Crippen LogP contribution in [0.5, 0.6) is 11.5 Å². The van der Waals surface area contributed by atoms with Gasteiger partial charge in [0, 0.05) is 11.1 Å². The zero-order valence-corrected chi connectivity index (χ0v) is 15.3. The van der Waals surface area contributed by atoms with Crippen molar-refractivity contribution in [2.45, 2.75) is 18.7 Å². The maximum absolute atomic E-state index is 12.4. The van der Waals surface area contributed by atoms with Crippen LogP contribution in [0, 0.1) is 5.92 Å². The summed E-state index contributed by atoms with van der Waals surface area (Å²) in [6, 6.07) is 5.77. The van der Waals surface area contributed by atoms with E-state index in [9.17, 15) is 4.79 Å². The molecule has 1 aromatic carbocycles. The first-order chi connectivity index (χ1) is 11.7. The van der Waals surface area contributed by atoms with Crippen LogP contribution in [-0.4, -0.2) is 30.9 Å². The summed E-state index contributed by atoms with van der Waals surface area (Å²) in [7, 11) is 1.62. The van der Waals surface area contributed by atoms with Crippen molar-refractivity contribution in [3.05, 3.63) is 39.8 Å². The predicted octanol–water partition coefficient (Wildman–Crippen LogP) is 2.88. The second-order valence-electron chi connectivity index (χ2n) is 5.54. The number of nitrogens with one attached hydrogen (secondary N) is 1. The maximum atomic E-state index is 12.4. The number of carbonyl (C=O) groups is 1. The van der Waals surface area contributed by atoms with Crippen molar-refractivity contribution < 1.29 is 14.3 Å². The first kappa shape index (κ1) is 17.1. The van der Waals surface area contributed by atoms with Gasteiger partial charge < -0.3 is 14.8 Å². The molecule has 7 heteroatoms. The van der Waals surface area contributed by atoms with Crippen LogP contribution in [0.2, 0.25) is 0 Å². The summed E-state index contributed by atoms with van der Waals surface area (Å²) >= 11 is 3.38. The number of benzene rings is 1. The number of nitrogens with zero attached hydrogens (tertiary/aromatic N) is 1. The van der Waals surface area contributed by atoms with Crippen LogP contribution >= 0.6 is 23.1 Å². The van der Waals surface area contributed by atoms with Crippen molar-refractivity contribution in [1.82, 2.24) is 10.3 Å². The Morgan fingerprint density at radius 2 is 2.42 bits per heavy atom. The number of aromatic nitrogens is 1. The van der Waals surface area contributed by atoms with Crippen LogP contribution in [0.3, 0.4) is 0 Å². The number of methoxy groups -OCH3 is 1. The number of thioether (sulfide) groups is 1. The van der Waals surface area contributed by atoms with E-state index in [-0.39, 0.29) is 11.8 Å². The van der Waals surface area contributed by atoms with Crippen molar-refractivity contribution in [3.63, 3.8) is 0 Å². The van der Waals surface area contributed by atoms with Crippen LogP contribution in [0.15, 0.2) is 23.6 Å². The average molecular weight is 364 g/mol. The van der Waals surface area contributed by atoms with Crippen LogP contribution in [-0.2, 0) is 23.5 Å². The highest BCUT2D eigenvalue weighted by Crippen LogP contribution is 2.36. The van der Waals surface area contributed by atoms with E-state index in [0.717, 1.165) is 33.5 Å². The molecule has 2 heterocycles. The van der Waals surface area contributed by atoms with E-state index in [2.05, 4.69) is 16.6 Å². The largest absolute Gasteiger partial charge is 0.493 e. The molecule has 128 valence electrons. The summed E-state index contributed by atoms with van der Waals surface area (Å²) in [4.78, 5) is 16.9. The van der Waals surface area contributed by atoms with Gasteiger partial charge in [-0.15, -0.1) is 11.3 Å². The second kappa shape index (κ2) is 7.90. The molecular formula is C17H20N2O3S2. The molecular weight excluding hydrogens is 344 g/mol. The van der Waals surface area contributed by atoms with E-state index in [1.54, 1.807) is 30.2 Å². The van der Waals surface area contributed by atoms with Gasteiger partial charge >= 0.3 is 0 Å². The Morgan fingerprint density at radius 3 is 3.21 bits per heavy atom. The lowest BCUT2D eigenvalue weighted by Gasteiger charge is -2.25. The summed E-state index contributed by atoms with van der Waals surface area (Å²) in [6.45, 7) is 0.833. The number of hydrogen-bond donors (Lipinski definition) is 1. The van der Waals surface area contributed by atoms with E-state index < -0.39 is 0 Å². The average Bonchev–Trinajstić information content (AvgIpc) is 3.06. The molecule has 0 fully saturated rings. The van der Waals surface area contributed by atoms with Crippen LogP contribution in [0.1, 0.15) is 16.3 Å². The Hall–Kier alpha value is -1.73. The van der Waals surface area contributed by atoms with E-state index in [4.69, 9.17) is 9.47 Å². The zero-order valence-electron chi connectivity index (χ0n) is 13.7. The molecule has 2 aromatic rings. The molecule has 0 saturated heterocycles. The number of hydrogen-bond acceptors (Lipinski definition) is 6. The minimum atomic E-state index is -0.186. The molecule has 5 nitrogen and oxygen atoms in total. The minimum absolute atomic E-state index is 0.00267. The summed E-state index contributed by atoms with van der Waals surface area (Å²) in [5.74, 6) is 2.20. The SMILES string of the molecule is COc1cccc2c1OCC(C(=O)NCc1csc(CSC)n1)C2.